The van der Waals surface area contributed by atoms with Crippen molar-refractivity contribution in [2.45, 2.75) is 58.5 Å². The van der Waals surface area contributed by atoms with Crippen LogP contribution in [0.5, 0.6) is 0 Å². The van der Waals surface area contributed by atoms with Crippen LogP contribution in [0.15, 0.2) is 41.3 Å². The van der Waals surface area contributed by atoms with Crippen molar-refractivity contribution in [1.82, 2.24) is 29.6 Å². The predicted molar refractivity (Wildman–Crippen MR) is 140 cm³/mol. The molecule has 0 saturated carbocycles. The van der Waals surface area contributed by atoms with Crippen LogP contribution in [0.25, 0.3) is 16.9 Å². The van der Waals surface area contributed by atoms with E-state index in [0.717, 1.165) is 18.8 Å². The summed E-state index contributed by atoms with van der Waals surface area (Å²) in [5.74, 6) is -0.456. The van der Waals surface area contributed by atoms with E-state index in [1.165, 1.54) is 38.8 Å². The number of halogens is 1. The average Bonchev–Trinajstić information content (AvgIpc) is 3.14. The molecule has 2 N–H and O–H groups in total. The first kappa shape index (κ1) is 24.6. The van der Waals surface area contributed by atoms with Crippen LogP contribution in [-0.4, -0.2) is 30.9 Å². The Morgan fingerprint density at radius 2 is 2.03 bits per heavy atom. The SMILES string of the molecule is CCn1c(=O)c2cnc(Nc3ccc4c(c3)CNCC4(C)C)nc2n1-c1nc(C(C)(C)C#N)ccc1F. The third-order valence-corrected chi connectivity index (χ3v) is 6.90. The van der Waals surface area contributed by atoms with Gasteiger partial charge in [0.2, 0.25) is 5.95 Å². The van der Waals surface area contributed by atoms with E-state index < -0.39 is 11.2 Å². The maximum atomic E-state index is 15.1. The molecule has 3 aromatic heterocycles. The fourth-order valence-electron chi connectivity index (χ4n) is 4.79. The fourth-order valence-corrected chi connectivity index (χ4v) is 4.79. The fraction of sp³-hybridized carbons (Fsp3) is 0.370. The first-order valence-electron chi connectivity index (χ1n) is 12.2. The van der Waals surface area contributed by atoms with Crippen molar-refractivity contribution >= 4 is 22.7 Å². The summed E-state index contributed by atoms with van der Waals surface area (Å²) in [4.78, 5) is 26.5. The van der Waals surface area contributed by atoms with Gasteiger partial charge in [0.15, 0.2) is 17.3 Å². The smallest absolute Gasteiger partial charge is 0.278 e. The van der Waals surface area contributed by atoms with Gasteiger partial charge in [-0.05, 0) is 56.2 Å². The summed E-state index contributed by atoms with van der Waals surface area (Å²) in [6.45, 7) is 11.6. The summed E-state index contributed by atoms with van der Waals surface area (Å²) in [5.41, 5.74) is 2.65. The topological polar surface area (TPSA) is 113 Å². The summed E-state index contributed by atoms with van der Waals surface area (Å²) >= 11 is 0. The molecule has 9 nitrogen and oxygen atoms in total. The highest BCUT2D eigenvalue weighted by molar-refractivity contribution is 5.77. The monoisotopic (exact) mass is 500 g/mol. The zero-order valence-electron chi connectivity index (χ0n) is 21.6. The number of nitriles is 1. The summed E-state index contributed by atoms with van der Waals surface area (Å²) in [6.07, 6.45) is 1.44. The quantitative estimate of drug-likeness (QED) is 0.425. The van der Waals surface area contributed by atoms with Crippen molar-refractivity contribution in [3.63, 3.8) is 0 Å². The molecule has 0 amide bonds. The second kappa shape index (κ2) is 8.78. The van der Waals surface area contributed by atoms with Gasteiger partial charge in [0.05, 0.1) is 17.2 Å². The Kier molecular flexibility index (Phi) is 5.83. The predicted octanol–water partition coefficient (Wildman–Crippen LogP) is 4.06. The Morgan fingerprint density at radius 1 is 1.24 bits per heavy atom. The molecule has 4 heterocycles. The molecule has 0 saturated heterocycles. The number of hydrogen-bond donors (Lipinski definition) is 2. The minimum atomic E-state index is -0.944. The Labute approximate surface area is 214 Å². The maximum Gasteiger partial charge on any atom is 0.278 e. The molecule has 0 bridgehead atoms. The van der Waals surface area contributed by atoms with E-state index in [-0.39, 0.29) is 40.3 Å². The van der Waals surface area contributed by atoms with Crippen LogP contribution >= 0.6 is 0 Å². The van der Waals surface area contributed by atoms with Gasteiger partial charge in [0.1, 0.15) is 5.39 Å². The van der Waals surface area contributed by atoms with E-state index in [0.29, 0.717) is 5.69 Å². The number of pyridine rings is 1. The Bertz CT molecular complexity index is 1630. The van der Waals surface area contributed by atoms with E-state index in [9.17, 15) is 10.1 Å². The second-order valence-electron chi connectivity index (χ2n) is 10.5. The van der Waals surface area contributed by atoms with Gasteiger partial charge in [0.25, 0.3) is 5.56 Å². The molecule has 0 radical (unpaired) electrons. The molecule has 0 spiro atoms. The molecule has 0 aliphatic carbocycles. The number of hydrogen-bond acceptors (Lipinski definition) is 7. The van der Waals surface area contributed by atoms with E-state index in [4.69, 9.17) is 0 Å². The molecule has 1 aliphatic heterocycles. The van der Waals surface area contributed by atoms with E-state index in [1.807, 2.05) is 6.07 Å². The van der Waals surface area contributed by atoms with E-state index in [2.05, 4.69) is 57.6 Å². The van der Waals surface area contributed by atoms with Crippen molar-refractivity contribution in [1.29, 1.82) is 5.26 Å². The van der Waals surface area contributed by atoms with Gasteiger partial charge < -0.3 is 10.6 Å². The van der Waals surface area contributed by atoms with Crippen LogP contribution in [0, 0.1) is 17.1 Å². The van der Waals surface area contributed by atoms with Crippen molar-refractivity contribution in [3.8, 4) is 11.9 Å². The second-order valence-corrected chi connectivity index (χ2v) is 10.5. The lowest BCUT2D eigenvalue weighted by molar-refractivity contribution is 0.435. The zero-order chi connectivity index (χ0) is 26.5. The summed E-state index contributed by atoms with van der Waals surface area (Å²) in [6, 6.07) is 11.1. The van der Waals surface area contributed by atoms with Gasteiger partial charge in [-0.15, -0.1) is 0 Å². The number of rotatable bonds is 5. The summed E-state index contributed by atoms with van der Waals surface area (Å²) < 4.78 is 17.9. The molecule has 1 aromatic carbocycles. The number of aromatic nitrogens is 5. The number of nitrogens with zero attached hydrogens (tertiary/aromatic N) is 6. The molecule has 5 rings (SSSR count). The number of anilines is 2. The number of nitrogens with one attached hydrogen (secondary N) is 2. The molecule has 0 unspecified atom stereocenters. The van der Waals surface area contributed by atoms with Crippen LogP contribution in [-0.2, 0) is 23.9 Å². The lowest BCUT2D eigenvalue weighted by atomic mass is 9.79. The molecule has 4 aromatic rings. The van der Waals surface area contributed by atoms with Crippen molar-refractivity contribution in [2.24, 2.45) is 0 Å². The molecule has 0 atom stereocenters. The van der Waals surface area contributed by atoms with Gasteiger partial charge >= 0.3 is 0 Å². The molecular formula is C27H29FN8O. The number of fused-ring (bicyclic) bond motifs is 2. The van der Waals surface area contributed by atoms with Crippen molar-refractivity contribution in [3.05, 3.63) is 69.5 Å². The molecule has 0 fully saturated rings. The van der Waals surface area contributed by atoms with Gasteiger partial charge in [0, 0.05) is 36.9 Å². The minimum Gasteiger partial charge on any atom is -0.324 e. The van der Waals surface area contributed by atoms with Crippen molar-refractivity contribution in [2.75, 3.05) is 11.9 Å². The summed E-state index contributed by atoms with van der Waals surface area (Å²) in [5, 5.41) is 16.5. The van der Waals surface area contributed by atoms with Crippen LogP contribution in [0.3, 0.4) is 0 Å². The highest BCUT2D eigenvalue weighted by Crippen LogP contribution is 2.32. The normalized spacial score (nSPS) is 14.8. The highest BCUT2D eigenvalue weighted by atomic mass is 19.1. The zero-order valence-corrected chi connectivity index (χ0v) is 21.6. The van der Waals surface area contributed by atoms with Gasteiger partial charge in [-0.2, -0.15) is 10.2 Å². The third-order valence-electron chi connectivity index (χ3n) is 6.90. The van der Waals surface area contributed by atoms with Gasteiger partial charge in [-0.3, -0.25) is 4.79 Å². The lowest BCUT2D eigenvalue weighted by Crippen LogP contribution is -2.38. The van der Waals surface area contributed by atoms with Crippen LogP contribution in [0.4, 0.5) is 16.0 Å². The molecular weight excluding hydrogens is 471 g/mol. The largest absolute Gasteiger partial charge is 0.324 e. The Balaban J connectivity index is 1.62. The summed E-state index contributed by atoms with van der Waals surface area (Å²) in [7, 11) is 0. The van der Waals surface area contributed by atoms with Crippen LogP contribution in [0.2, 0.25) is 0 Å². The molecule has 10 heteroatoms. The first-order chi connectivity index (χ1) is 17.6. The van der Waals surface area contributed by atoms with E-state index in [1.54, 1.807) is 20.8 Å². The van der Waals surface area contributed by atoms with E-state index >= 15 is 4.39 Å². The third kappa shape index (κ3) is 4.15. The Hall–Kier alpha value is -4.10. The Morgan fingerprint density at radius 3 is 2.76 bits per heavy atom. The molecule has 1 aliphatic rings. The standard InChI is InChI=1S/C27H29FN8O/c1-6-35-24(37)18-13-31-25(32-17-7-8-19-16(11-17)12-30-15-27(19,4)5)34-22(18)36(35)23-20(28)9-10-21(33-23)26(2,3)14-29/h7-11,13,30H,6,12,15H2,1-5H3,(H,31,32,34). The minimum absolute atomic E-state index is 0.0341. The maximum absolute atomic E-state index is 15.1. The molecule has 37 heavy (non-hydrogen) atoms. The highest BCUT2D eigenvalue weighted by Gasteiger charge is 2.28. The van der Waals surface area contributed by atoms with Gasteiger partial charge in [-0.25, -0.2) is 23.7 Å². The van der Waals surface area contributed by atoms with Crippen LogP contribution in [0.1, 0.15) is 51.4 Å². The average molecular weight is 501 g/mol. The van der Waals surface area contributed by atoms with Gasteiger partial charge in [-0.1, -0.05) is 19.9 Å². The lowest BCUT2D eigenvalue weighted by Gasteiger charge is -2.33. The van der Waals surface area contributed by atoms with Crippen molar-refractivity contribution < 1.29 is 4.39 Å². The number of benzene rings is 1. The van der Waals surface area contributed by atoms with Crippen LogP contribution < -0.4 is 16.2 Å². The first-order valence-corrected chi connectivity index (χ1v) is 12.2. The molecule has 190 valence electrons.